The van der Waals surface area contributed by atoms with E-state index < -0.39 is 10.1 Å². The van der Waals surface area contributed by atoms with E-state index in [1.807, 2.05) is 72.0 Å². The molecule has 0 saturated carbocycles. The molecule has 0 spiro atoms. The molecular formula is C16H24N5O3S+. The highest BCUT2D eigenvalue weighted by Crippen LogP contribution is 2.21. The molecule has 9 heteroatoms. The molecule has 1 aromatic carbocycles. The zero-order chi connectivity index (χ0) is 18.4. The molecule has 0 radical (unpaired) electrons. The number of benzene rings is 1. The summed E-state index contributed by atoms with van der Waals surface area (Å²) >= 11 is 0. The van der Waals surface area contributed by atoms with Gasteiger partial charge < -0.3 is 4.90 Å². The lowest BCUT2D eigenvalue weighted by molar-refractivity contribution is -0.670. The predicted molar refractivity (Wildman–Crippen MR) is 96.2 cm³/mol. The maximum absolute atomic E-state index is 10.7. The quantitative estimate of drug-likeness (QED) is 0.336. The van der Waals surface area contributed by atoms with Crippen molar-refractivity contribution in [1.29, 1.82) is 0 Å². The van der Waals surface area contributed by atoms with Crippen LogP contribution in [0.3, 0.4) is 0 Å². The molecule has 25 heavy (non-hydrogen) atoms. The number of aryl methyl sites for hydroxylation is 2. The van der Waals surface area contributed by atoms with Crippen LogP contribution in [0.2, 0.25) is 0 Å². The second-order valence-electron chi connectivity index (χ2n) is 6.07. The van der Waals surface area contributed by atoms with Gasteiger partial charge in [-0.2, -0.15) is 8.42 Å². The van der Waals surface area contributed by atoms with Gasteiger partial charge in [0.2, 0.25) is 6.33 Å². The molecule has 0 aliphatic rings. The van der Waals surface area contributed by atoms with Crippen molar-refractivity contribution in [2.24, 2.45) is 17.3 Å². The molecule has 0 fully saturated rings. The van der Waals surface area contributed by atoms with Crippen molar-refractivity contribution in [3.63, 3.8) is 0 Å². The molecular weight excluding hydrogens is 342 g/mol. The highest BCUT2D eigenvalue weighted by molar-refractivity contribution is 7.85. The minimum Gasteiger partial charge on any atom is -0.378 e. The molecule has 1 aromatic heterocycles. The van der Waals surface area contributed by atoms with E-state index in [0.717, 1.165) is 11.4 Å². The average molecular weight is 366 g/mol. The van der Waals surface area contributed by atoms with E-state index in [0.29, 0.717) is 25.2 Å². The van der Waals surface area contributed by atoms with Crippen molar-refractivity contribution in [2.45, 2.75) is 19.4 Å². The van der Waals surface area contributed by atoms with Gasteiger partial charge in [-0.25, -0.2) is 9.13 Å². The molecule has 0 amide bonds. The van der Waals surface area contributed by atoms with Gasteiger partial charge in [-0.05, 0) is 37.1 Å². The summed E-state index contributed by atoms with van der Waals surface area (Å²) in [6.45, 7) is 0.601. The van der Waals surface area contributed by atoms with Gasteiger partial charge in [0.05, 0.1) is 25.0 Å². The van der Waals surface area contributed by atoms with Crippen LogP contribution < -0.4 is 9.47 Å². The van der Waals surface area contributed by atoms with Crippen LogP contribution in [0, 0.1) is 0 Å². The molecule has 2 aromatic rings. The highest BCUT2D eigenvalue weighted by atomic mass is 32.2. The van der Waals surface area contributed by atoms with Crippen LogP contribution in [0.5, 0.6) is 0 Å². The first-order chi connectivity index (χ1) is 11.7. The fourth-order valence-corrected chi connectivity index (χ4v) is 2.89. The van der Waals surface area contributed by atoms with E-state index in [4.69, 9.17) is 4.55 Å². The second-order valence-corrected chi connectivity index (χ2v) is 7.64. The summed E-state index contributed by atoms with van der Waals surface area (Å²) < 4.78 is 34.0. The number of anilines is 1. The summed E-state index contributed by atoms with van der Waals surface area (Å²) in [5.74, 6) is 0.459. The van der Waals surface area contributed by atoms with Gasteiger partial charge in [0.25, 0.3) is 15.9 Å². The Morgan fingerprint density at radius 2 is 1.84 bits per heavy atom. The fourth-order valence-electron chi connectivity index (χ4n) is 2.32. The molecule has 0 bridgehead atoms. The Morgan fingerprint density at radius 1 is 1.16 bits per heavy atom. The van der Waals surface area contributed by atoms with Gasteiger partial charge in [-0.3, -0.25) is 4.55 Å². The van der Waals surface area contributed by atoms with E-state index in [2.05, 4.69) is 10.2 Å². The number of hydrogen-bond acceptors (Lipinski definition) is 5. The van der Waals surface area contributed by atoms with Gasteiger partial charge in [0.15, 0.2) is 6.20 Å². The number of unbranched alkanes of at least 4 members (excludes halogenated alkanes) is 1. The van der Waals surface area contributed by atoms with Gasteiger partial charge in [0.1, 0.15) is 0 Å². The number of hydrogen-bond donors (Lipinski definition) is 1. The van der Waals surface area contributed by atoms with Crippen molar-refractivity contribution in [2.75, 3.05) is 24.7 Å². The monoisotopic (exact) mass is 366 g/mol. The maximum atomic E-state index is 10.7. The van der Waals surface area contributed by atoms with Gasteiger partial charge in [0, 0.05) is 19.8 Å². The van der Waals surface area contributed by atoms with E-state index in [1.54, 1.807) is 0 Å². The van der Waals surface area contributed by atoms with E-state index >= 15 is 0 Å². The largest absolute Gasteiger partial charge is 0.378 e. The van der Waals surface area contributed by atoms with E-state index in [-0.39, 0.29) is 5.75 Å². The Hall–Kier alpha value is -2.26. The first-order valence-corrected chi connectivity index (χ1v) is 9.55. The molecule has 0 aliphatic carbocycles. The van der Waals surface area contributed by atoms with Crippen molar-refractivity contribution >= 4 is 27.3 Å². The molecule has 0 atom stereocenters. The SMILES string of the molecule is CN(C)c1ccc(N=Nc2c[n+](C)cn2CCCCS(=O)(=O)O)cc1. The van der Waals surface area contributed by atoms with E-state index in [9.17, 15) is 8.42 Å². The zero-order valence-corrected chi connectivity index (χ0v) is 15.5. The van der Waals surface area contributed by atoms with Crippen molar-refractivity contribution in [3.05, 3.63) is 36.8 Å². The van der Waals surface area contributed by atoms with Gasteiger partial charge in [-0.1, -0.05) is 0 Å². The highest BCUT2D eigenvalue weighted by Gasteiger charge is 2.12. The number of aromatic nitrogens is 2. The smallest absolute Gasteiger partial charge is 0.279 e. The lowest BCUT2D eigenvalue weighted by Gasteiger charge is -2.11. The van der Waals surface area contributed by atoms with Crippen LogP contribution in [0.15, 0.2) is 47.0 Å². The Labute approximate surface area is 148 Å². The Morgan fingerprint density at radius 3 is 2.44 bits per heavy atom. The molecule has 1 N–H and O–H groups in total. The lowest BCUT2D eigenvalue weighted by Crippen LogP contribution is -2.23. The number of azo groups is 1. The Bertz CT molecular complexity index is 826. The summed E-state index contributed by atoms with van der Waals surface area (Å²) in [7, 11) is 1.94. The summed E-state index contributed by atoms with van der Waals surface area (Å²) in [5, 5.41) is 8.54. The molecule has 2 rings (SSSR count). The molecule has 0 aliphatic heterocycles. The van der Waals surface area contributed by atoms with Crippen molar-refractivity contribution in [1.82, 2.24) is 4.57 Å². The minimum atomic E-state index is -3.90. The third-order valence-corrected chi connectivity index (χ3v) is 4.42. The molecule has 136 valence electrons. The number of imidazole rings is 1. The molecule has 0 unspecified atom stereocenters. The van der Waals surface area contributed by atoms with Crippen LogP contribution in [-0.4, -0.2) is 37.4 Å². The normalized spacial score (nSPS) is 12.0. The first kappa shape index (κ1) is 19.1. The zero-order valence-electron chi connectivity index (χ0n) is 14.7. The number of rotatable bonds is 8. The molecule has 0 saturated heterocycles. The van der Waals surface area contributed by atoms with Gasteiger partial charge >= 0.3 is 0 Å². The van der Waals surface area contributed by atoms with Crippen LogP contribution in [-0.2, 0) is 23.7 Å². The third kappa shape index (κ3) is 6.28. The van der Waals surface area contributed by atoms with Crippen LogP contribution in [0.4, 0.5) is 17.2 Å². The minimum absolute atomic E-state index is 0.227. The Balaban J connectivity index is 2.01. The van der Waals surface area contributed by atoms with Crippen molar-refractivity contribution in [3.8, 4) is 0 Å². The molecule has 1 heterocycles. The van der Waals surface area contributed by atoms with Crippen LogP contribution in [0.25, 0.3) is 0 Å². The molecule has 8 nitrogen and oxygen atoms in total. The van der Waals surface area contributed by atoms with E-state index in [1.165, 1.54) is 0 Å². The third-order valence-electron chi connectivity index (χ3n) is 3.62. The summed E-state index contributed by atoms with van der Waals surface area (Å²) in [6, 6.07) is 7.75. The fraction of sp³-hybridized carbons (Fsp3) is 0.438. The summed E-state index contributed by atoms with van der Waals surface area (Å²) in [6.07, 6.45) is 4.73. The maximum Gasteiger partial charge on any atom is 0.279 e. The standard InChI is InChI=1S/C16H23N5O3S/c1-19(2)15-8-6-14(7-9-15)17-18-16-12-20(3)13-21(16)10-4-5-11-25(22,23)24/h6-9,12-13H,4-5,10-11H2,1-3H3/p+1. The second kappa shape index (κ2) is 8.21. The number of nitrogens with zero attached hydrogens (tertiary/aromatic N) is 5. The Kier molecular flexibility index (Phi) is 6.27. The van der Waals surface area contributed by atoms with Crippen molar-refractivity contribution < 1.29 is 17.5 Å². The topological polar surface area (TPSA) is 91.1 Å². The predicted octanol–water partition coefficient (Wildman–Crippen LogP) is 2.46. The first-order valence-electron chi connectivity index (χ1n) is 7.94. The lowest BCUT2D eigenvalue weighted by atomic mass is 10.3. The van der Waals surface area contributed by atoms with Crippen LogP contribution in [0.1, 0.15) is 12.8 Å². The average Bonchev–Trinajstić information content (AvgIpc) is 2.89. The summed E-state index contributed by atoms with van der Waals surface area (Å²) in [4.78, 5) is 2.01. The van der Waals surface area contributed by atoms with Crippen LogP contribution >= 0.6 is 0 Å². The van der Waals surface area contributed by atoms with Gasteiger partial charge in [-0.15, -0.1) is 10.2 Å². The summed E-state index contributed by atoms with van der Waals surface area (Å²) in [5.41, 5.74) is 1.85.